The molecule has 5 N–H and O–H groups in total. The summed E-state index contributed by atoms with van der Waals surface area (Å²) in [6.45, 7) is 1.80. The minimum absolute atomic E-state index is 0. The Hall–Kier alpha value is -3.32. The lowest BCUT2D eigenvalue weighted by Gasteiger charge is -2.06. The van der Waals surface area contributed by atoms with Crippen molar-refractivity contribution in [3.05, 3.63) is 65.0 Å². The molecule has 0 fully saturated rings. The third-order valence-corrected chi connectivity index (χ3v) is 3.99. The highest BCUT2D eigenvalue weighted by molar-refractivity contribution is 6.11. The van der Waals surface area contributed by atoms with Crippen molar-refractivity contribution in [3.63, 3.8) is 0 Å². The number of aromatic carboxylic acids is 1. The van der Waals surface area contributed by atoms with Gasteiger partial charge in [-0.25, -0.2) is 4.79 Å². The number of hydrogen-bond acceptors (Lipinski definition) is 4. The van der Waals surface area contributed by atoms with Gasteiger partial charge in [-0.05, 0) is 37.3 Å². The van der Waals surface area contributed by atoms with Crippen molar-refractivity contribution >= 4 is 23.0 Å². The standard InChI is InChI=1S/C18H16N2O4.H2O/c1-10-15(20-8-4-3-5-14(20)17(10)24-2)16(21)11-6-7-13(19)12(9-11)18(22)23;/h3-9H,19H2,1-2H3,(H,22,23);1H2. The lowest BCUT2D eigenvalue weighted by atomic mass is 10.0. The molecule has 3 aromatic rings. The smallest absolute Gasteiger partial charge is 0.337 e. The summed E-state index contributed by atoms with van der Waals surface area (Å²) in [7, 11) is 1.55. The van der Waals surface area contributed by atoms with Crippen molar-refractivity contribution < 1.29 is 24.9 Å². The minimum atomic E-state index is -1.17. The van der Waals surface area contributed by atoms with E-state index in [1.165, 1.54) is 18.2 Å². The molecular formula is C18H18N2O5. The molecule has 0 aliphatic carbocycles. The first-order chi connectivity index (χ1) is 11.5. The van der Waals surface area contributed by atoms with Crippen molar-refractivity contribution in [1.82, 2.24) is 4.40 Å². The molecule has 0 aliphatic heterocycles. The number of rotatable bonds is 4. The number of fused-ring (bicyclic) bond motifs is 1. The van der Waals surface area contributed by atoms with Gasteiger partial charge in [0.25, 0.3) is 0 Å². The Balaban J connectivity index is 0.00000225. The number of ketones is 1. The molecule has 0 spiro atoms. The van der Waals surface area contributed by atoms with Crippen molar-refractivity contribution in [3.8, 4) is 5.75 Å². The van der Waals surface area contributed by atoms with E-state index in [9.17, 15) is 14.7 Å². The van der Waals surface area contributed by atoms with E-state index < -0.39 is 5.97 Å². The topological polar surface area (TPSA) is 126 Å². The van der Waals surface area contributed by atoms with E-state index in [1.807, 2.05) is 18.2 Å². The highest BCUT2D eigenvalue weighted by Crippen LogP contribution is 2.32. The van der Waals surface area contributed by atoms with Crippen LogP contribution in [-0.4, -0.2) is 33.8 Å². The molecule has 7 heteroatoms. The van der Waals surface area contributed by atoms with Gasteiger partial charge in [-0.1, -0.05) is 6.07 Å². The summed E-state index contributed by atoms with van der Waals surface area (Å²) in [4.78, 5) is 24.2. The molecule has 0 aliphatic rings. The molecular weight excluding hydrogens is 324 g/mol. The first-order valence-corrected chi connectivity index (χ1v) is 7.27. The molecule has 2 heterocycles. The van der Waals surface area contributed by atoms with Gasteiger partial charge in [-0.3, -0.25) is 4.79 Å². The van der Waals surface area contributed by atoms with Gasteiger partial charge < -0.3 is 25.5 Å². The third-order valence-electron chi connectivity index (χ3n) is 3.99. The predicted octanol–water partition coefficient (Wildman–Crippen LogP) is 1.94. The second kappa shape index (κ2) is 6.66. The van der Waals surface area contributed by atoms with Crippen molar-refractivity contribution in [2.75, 3.05) is 12.8 Å². The van der Waals surface area contributed by atoms with Crippen LogP contribution in [0.1, 0.15) is 32.0 Å². The summed E-state index contributed by atoms with van der Waals surface area (Å²) < 4.78 is 7.16. The van der Waals surface area contributed by atoms with Crippen LogP contribution >= 0.6 is 0 Å². The molecule has 3 rings (SSSR count). The molecule has 0 bridgehead atoms. The Morgan fingerprint density at radius 3 is 2.56 bits per heavy atom. The lowest BCUT2D eigenvalue weighted by molar-refractivity contribution is 0.0698. The van der Waals surface area contributed by atoms with Crippen molar-refractivity contribution in [2.24, 2.45) is 0 Å². The summed E-state index contributed by atoms with van der Waals surface area (Å²) >= 11 is 0. The molecule has 0 amide bonds. The predicted molar refractivity (Wildman–Crippen MR) is 93.5 cm³/mol. The number of nitrogen functional groups attached to an aromatic ring is 1. The van der Waals surface area contributed by atoms with Gasteiger partial charge in [0.05, 0.1) is 18.2 Å². The van der Waals surface area contributed by atoms with E-state index >= 15 is 0 Å². The van der Waals surface area contributed by atoms with Crippen molar-refractivity contribution in [1.29, 1.82) is 0 Å². The number of hydrogen-bond donors (Lipinski definition) is 2. The fourth-order valence-corrected chi connectivity index (χ4v) is 2.86. The average molecular weight is 342 g/mol. The lowest BCUT2D eigenvalue weighted by Crippen LogP contribution is -2.10. The number of ether oxygens (including phenoxy) is 1. The summed E-state index contributed by atoms with van der Waals surface area (Å²) in [6.07, 6.45) is 1.77. The maximum Gasteiger partial charge on any atom is 0.337 e. The molecule has 1 aromatic carbocycles. The summed E-state index contributed by atoms with van der Waals surface area (Å²) in [5.41, 5.74) is 7.85. The molecule has 0 atom stereocenters. The number of methoxy groups -OCH3 is 1. The average Bonchev–Trinajstić information content (AvgIpc) is 2.85. The van der Waals surface area contributed by atoms with Crippen LogP contribution in [-0.2, 0) is 0 Å². The van der Waals surface area contributed by atoms with E-state index in [2.05, 4.69) is 0 Å². The third kappa shape index (κ3) is 2.81. The number of carboxylic acids is 1. The van der Waals surface area contributed by atoms with E-state index in [-0.39, 0.29) is 28.1 Å². The largest absolute Gasteiger partial charge is 0.494 e. The Kier molecular flexibility index (Phi) is 4.80. The zero-order valence-electron chi connectivity index (χ0n) is 13.7. The van der Waals surface area contributed by atoms with E-state index in [1.54, 1.807) is 24.6 Å². The van der Waals surface area contributed by atoms with Crippen LogP contribution < -0.4 is 10.5 Å². The maximum absolute atomic E-state index is 13.0. The highest BCUT2D eigenvalue weighted by atomic mass is 16.5. The van der Waals surface area contributed by atoms with E-state index in [0.29, 0.717) is 17.0 Å². The first-order valence-electron chi connectivity index (χ1n) is 7.27. The number of anilines is 1. The molecule has 130 valence electrons. The normalized spacial score (nSPS) is 10.3. The Bertz CT molecular complexity index is 975. The second-order valence-electron chi connectivity index (χ2n) is 5.40. The van der Waals surface area contributed by atoms with Crippen LogP contribution in [0.25, 0.3) is 5.52 Å². The van der Waals surface area contributed by atoms with Crippen LogP contribution in [0.15, 0.2) is 42.6 Å². The molecule has 25 heavy (non-hydrogen) atoms. The Morgan fingerprint density at radius 1 is 1.20 bits per heavy atom. The van der Waals surface area contributed by atoms with E-state index in [4.69, 9.17) is 10.5 Å². The van der Waals surface area contributed by atoms with Gasteiger partial charge in [0.1, 0.15) is 11.4 Å². The van der Waals surface area contributed by atoms with Crippen LogP contribution in [0.2, 0.25) is 0 Å². The molecule has 7 nitrogen and oxygen atoms in total. The summed E-state index contributed by atoms with van der Waals surface area (Å²) in [5.74, 6) is -0.844. The number of nitrogens with zero attached hydrogens (tertiary/aromatic N) is 1. The van der Waals surface area contributed by atoms with Crippen LogP contribution in [0, 0.1) is 6.92 Å². The van der Waals surface area contributed by atoms with Crippen molar-refractivity contribution in [2.45, 2.75) is 6.92 Å². The van der Waals surface area contributed by atoms with Gasteiger partial charge in [0.15, 0.2) is 0 Å². The van der Waals surface area contributed by atoms with Gasteiger partial charge >= 0.3 is 5.97 Å². The molecule has 0 saturated heterocycles. The van der Waals surface area contributed by atoms with Crippen LogP contribution in [0.4, 0.5) is 5.69 Å². The Morgan fingerprint density at radius 2 is 1.92 bits per heavy atom. The highest BCUT2D eigenvalue weighted by Gasteiger charge is 2.23. The Labute approximate surface area is 143 Å². The van der Waals surface area contributed by atoms with E-state index in [0.717, 1.165) is 5.52 Å². The molecule has 0 unspecified atom stereocenters. The summed E-state index contributed by atoms with van der Waals surface area (Å²) in [6, 6.07) is 9.78. The molecule has 2 aromatic heterocycles. The van der Waals surface area contributed by atoms with Gasteiger partial charge in [0, 0.05) is 23.0 Å². The number of aromatic nitrogens is 1. The quantitative estimate of drug-likeness (QED) is 0.553. The first kappa shape index (κ1) is 18.0. The second-order valence-corrected chi connectivity index (χ2v) is 5.40. The maximum atomic E-state index is 13.0. The van der Waals surface area contributed by atoms with Gasteiger partial charge in [-0.15, -0.1) is 0 Å². The number of carbonyl (C=O) groups excluding carboxylic acids is 1. The number of carbonyl (C=O) groups is 2. The zero-order chi connectivity index (χ0) is 17.4. The fourth-order valence-electron chi connectivity index (χ4n) is 2.86. The number of benzene rings is 1. The van der Waals surface area contributed by atoms with Gasteiger partial charge in [0.2, 0.25) is 5.78 Å². The monoisotopic (exact) mass is 342 g/mol. The van der Waals surface area contributed by atoms with Crippen LogP contribution in [0.5, 0.6) is 5.75 Å². The molecule has 0 radical (unpaired) electrons. The molecule has 0 saturated carbocycles. The van der Waals surface area contributed by atoms with Crippen LogP contribution in [0.3, 0.4) is 0 Å². The zero-order valence-corrected chi connectivity index (χ0v) is 13.7. The number of carboxylic acid groups (broad SMARTS) is 1. The van der Waals surface area contributed by atoms with Gasteiger partial charge in [-0.2, -0.15) is 0 Å². The summed E-state index contributed by atoms with van der Waals surface area (Å²) in [5, 5.41) is 9.19. The fraction of sp³-hybridized carbons (Fsp3) is 0.111. The number of pyridine rings is 1. The minimum Gasteiger partial charge on any atom is -0.494 e. The number of nitrogens with two attached hydrogens (primary N) is 1. The SMILES string of the molecule is COc1c(C)c(C(=O)c2ccc(N)c(C(=O)O)c2)n2ccccc12.O.